The van der Waals surface area contributed by atoms with Crippen LogP contribution in [0.1, 0.15) is 50.1 Å². The Hall–Kier alpha value is -3.36. The third kappa shape index (κ3) is 5.72. The predicted octanol–water partition coefficient (Wildman–Crippen LogP) is 5.38. The van der Waals surface area contributed by atoms with Crippen molar-refractivity contribution < 1.29 is 13.4 Å². The van der Waals surface area contributed by atoms with Gasteiger partial charge in [-0.1, -0.05) is 25.0 Å². The normalized spacial score (nSPS) is 22.9. The van der Waals surface area contributed by atoms with Gasteiger partial charge in [0.2, 0.25) is 5.91 Å². The predicted molar refractivity (Wildman–Crippen MR) is 160 cm³/mol. The maximum absolute atomic E-state index is 13.6. The van der Waals surface area contributed by atoms with E-state index in [0.717, 1.165) is 47.5 Å². The largest absolute Gasteiger partial charge is 0.370 e. The molecule has 1 N–H and O–H groups in total. The fourth-order valence-corrected chi connectivity index (χ4v) is 8.57. The van der Waals surface area contributed by atoms with Gasteiger partial charge in [-0.05, 0) is 55.5 Å². The molecular formula is C30H33FN6O2S2. The molecular weight excluding hydrogens is 560 g/mol. The quantitative estimate of drug-likeness (QED) is 0.412. The van der Waals surface area contributed by atoms with Gasteiger partial charge in [0.05, 0.1) is 28.5 Å². The van der Waals surface area contributed by atoms with E-state index in [9.17, 15) is 18.7 Å². The highest BCUT2D eigenvalue weighted by Crippen LogP contribution is 2.46. The number of amides is 1. The summed E-state index contributed by atoms with van der Waals surface area (Å²) in [5, 5.41) is 13.3. The van der Waals surface area contributed by atoms with Crippen LogP contribution in [0, 0.1) is 23.1 Å². The van der Waals surface area contributed by atoms with Crippen molar-refractivity contribution in [3.63, 3.8) is 0 Å². The summed E-state index contributed by atoms with van der Waals surface area (Å²) in [6.07, 6.45) is 6.13. The van der Waals surface area contributed by atoms with Crippen molar-refractivity contribution in [2.75, 3.05) is 36.5 Å². The SMILES string of the molecule is CN=S1(=O)CCN(c2ccc(-c3sc(-c4ccc(F)cn4)nc3[C@@H]3CCCC[C@H]3C(=O)NC3(C#N)CC3)cc2)CC1. The zero-order valence-corrected chi connectivity index (χ0v) is 24.6. The number of rotatable bonds is 6. The van der Waals surface area contributed by atoms with Gasteiger partial charge in [0, 0.05) is 58.9 Å². The lowest BCUT2D eigenvalue weighted by Gasteiger charge is -2.31. The third-order valence-corrected chi connectivity index (χ3v) is 12.0. The molecule has 0 unspecified atom stereocenters. The molecule has 3 aromatic rings. The van der Waals surface area contributed by atoms with Crippen molar-refractivity contribution in [3.05, 3.63) is 54.1 Å². The summed E-state index contributed by atoms with van der Waals surface area (Å²) in [4.78, 5) is 26.0. The highest BCUT2D eigenvalue weighted by molar-refractivity contribution is 7.93. The molecule has 1 aliphatic heterocycles. The van der Waals surface area contributed by atoms with Crippen LogP contribution in [0.5, 0.6) is 0 Å². The minimum Gasteiger partial charge on any atom is -0.370 e. The van der Waals surface area contributed by atoms with Crippen molar-refractivity contribution in [3.8, 4) is 27.2 Å². The van der Waals surface area contributed by atoms with Gasteiger partial charge >= 0.3 is 0 Å². The number of aromatic nitrogens is 2. The summed E-state index contributed by atoms with van der Waals surface area (Å²) >= 11 is 1.51. The minimum absolute atomic E-state index is 0.0648. The Bertz CT molecular complexity index is 1590. The maximum Gasteiger partial charge on any atom is 0.225 e. The Morgan fingerprint density at radius 1 is 1.17 bits per heavy atom. The molecule has 1 saturated heterocycles. The van der Waals surface area contributed by atoms with E-state index in [-0.39, 0.29) is 17.7 Å². The fraction of sp³-hybridized carbons (Fsp3) is 0.467. The van der Waals surface area contributed by atoms with E-state index in [1.54, 1.807) is 13.1 Å². The number of hydrogen-bond acceptors (Lipinski definition) is 8. The van der Waals surface area contributed by atoms with E-state index in [2.05, 4.69) is 49.9 Å². The van der Waals surface area contributed by atoms with Gasteiger partial charge in [0.1, 0.15) is 16.4 Å². The summed E-state index contributed by atoms with van der Waals surface area (Å²) in [5.74, 6) is 0.304. The van der Waals surface area contributed by atoms with E-state index in [1.807, 2.05) is 0 Å². The van der Waals surface area contributed by atoms with Crippen molar-refractivity contribution in [2.24, 2.45) is 10.3 Å². The van der Waals surface area contributed by atoms with Crippen LogP contribution >= 0.6 is 11.3 Å². The van der Waals surface area contributed by atoms with Crippen LogP contribution in [-0.4, -0.2) is 57.3 Å². The second kappa shape index (κ2) is 11.1. The Balaban J connectivity index is 1.33. The Morgan fingerprint density at radius 3 is 2.54 bits per heavy atom. The molecule has 2 saturated carbocycles. The molecule has 11 heteroatoms. The summed E-state index contributed by atoms with van der Waals surface area (Å²) < 4.78 is 30.4. The second-order valence-corrected chi connectivity index (χ2v) is 14.9. The summed E-state index contributed by atoms with van der Waals surface area (Å²) in [6.45, 7) is 1.40. The van der Waals surface area contributed by atoms with Crippen molar-refractivity contribution >= 4 is 32.7 Å². The average Bonchev–Trinajstić information content (AvgIpc) is 3.64. The Kier molecular flexibility index (Phi) is 7.55. The average molecular weight is 593 g/mol. The van der Waals surface area contributed by atoms with E-state index in [1.165, 1.54) is 23.6 Å². The van der Waals surface area contributed by atoms with Crippen molar-refractivity contribution in [1.82, 2.24) is 15.3 Å². The van der Waals surface area contributed by atoms with E-state index >= 15 is 0 Å². The molecule has 0 radical (unpaired) electrons. The molecule has 0 spiro atoms. The number of carbonyl (C=O) groups excluding carboxylic acids is 1. The lowest BCUT2D eigenvalue weighted by atomic mass is 9.76. The molecule has 3 fully saturated rings. The number of nitrogens with one attached hydrogen (secondary N) is 1. The number of benzene rings is 1. The molecule has 3 heterocycles. The summed E-state index contributed by atoms with van der Waals surface area (Å²) in [6, 6.07) is 13.6. The van der Waals surface area contributed by atoms with Crippen molar-refractivity contribution in [2.45, 2.75) is 50.0 Å². The first-order valence-corrected chi connectivity index (χ1v) is 16.8. The minimum atomic E-state index is -2.09. The lowest BCUT2D eigenvalue weighted by molar-refractivity contribution is -0.127. The van der Waals surface area contributed by atoms with Gasteiger partial charge < -0.3 is 10.2 Å². The van der Waals surface area contributed by atoms with Crippen LogP contribution in [0.2, 0.25) is 0 Å². The van der Waals surface area contributed by atoms with Gasteiger partial charge in [-0.2, -0.15) is 5.26 Å². The Labute approximate surface area is 244 Å². The summed E-state index contributed by atoms with van der Waals surface area (Å²) in [7, 11) is -0.447. The number of carbonyl (C=O) groups is 1. The molecule has 8 nitrogen and oxygen atoms in total. The molecule has 41 heavy (non-hydrogen) atoms. The fourth-order valence-electron chi connectivity index (χ4n) is 5.88. The molecule has 1 aromatic carbocycles. The monoisotopic (exact) mass is 592 g/mol. The molecule has 214 valence electrons. The van der Waals surface area contributed by atoms with Crippen LogP contribution < -0.4 is 10.2 Å². The number of halogens is 1. The number of nitriles is 1. The molecule has 2 atom stereocenters. The van der Waals surface area contributed by atoms with E-state index in [0.29, 0.717) is 48.1 Å². The van der Waals surface area contributed by atoms with E-state index < -0.39 is 21.1 Å². The molecule has 6 rings (SSSR count). The van der Waals surface area contributed by atoms with Crippen LogP contribution in [0.4, 0.5) is 10.1 Å². The van der Waals surface area contributed by atoms with Gasteiger partial charge in [-0.15, -0.1) is 11.3 Å². The zero-order valence-electron chi connectivity index (χ0n) is 23.0. The number of thiazole rings is 1. The standard InChI is InChI=1S/C30H33FN6O2S2/c1-33-41(39)16-14-37(15-17-41)22-9-6-20(7-10-22)27-26(35-29(40-27)25-11-8-21(31)18-34-25)23-4-2-3-5-24(23)28(38)36-30(19-32)12-13-30/h6-11,18,23-24H,2-5,12-17H2,1H3,(H,36,38)/t23-,24-/m1/s1. The molecule has 1 amide bonds. The topological polar surface area (TPSA) is 111 Å². The van der Waals surface area contributed by atoms with Gasteiger partial charge in [-0.3, -0.25) is 9.78 Å². The van der Waals surface area contributed by atoms with Gasteiger partial charge in [0.25, 0.3) is 0 Å². The van der Waals surface area contributed by atoms with E-state index in [4.69, 9.17) is 4.98 Å². The van der Waals surface area contributed by atoms with Gasteiger partial charge in [-0.25, -0.2) is 17.9 Å². The molecule has 2 aromatic heterocycles. The molecule has 3 aliphatic rings. The number of anilines is 1. The first kappa shape index (κ1) is 27.8. The highest BCUT2D eigenvalue weighted by atomic mass is 32.2. The van der Waals surface area contributed by atoms with Crippen LogP contribution in [-0.2, 0) is 14.5 Å². The van der Waals surface area contributed by atoms with Crippen molar-refractivity contribution in [1.29, 1.82) is 5.26 Å². The number of hydrogen-bond donors (Lipinski definition) is 1. The number of nitrogens with zero attached hydrogens (tertiary/aromatic N) is 5. The smallest absolute Gasteiger partial charge is 0.225 e. The zero-order chi connectivity index (χ0) is 28.6. The summed E-state index contributed by atoms with van der Waals surface area (Å²) in [5.41, 5.74) is 2.82. The van der Waals surface area contributed by atoms with Crippen LogP contribution in [0.3, 0.4) is 0 Å². The lowest BCUT2D eigenvalue weighted by Crippen LogP contribution is -2.42. The first-order chi connectivity index (χ1) is 19.8. The number of pyridine rings is 1. The highest BCUT2D eigenvalue weighted by Gasteiger charge is 2.47. The molecule has 2 aliphatic carbocycles. The molecule has 0 bridgehead atoms. The second-order valence-electron chi connectivity index (χ2n) is 11.2. The van der Waals surface area contributed by atoms with Gasteiger partial charge in [0.15, 0.2) is 0 Å². The Morgan fingerprint density at radius 2 is 1.90 bits per heavy atom. The third-order valence-electron chi connectivity index (χ3n) is 8.57. The maximum atomic E-state index is 13.6. The first-order valence-electron chi connectivity index (χ1n) is 14.1. The van der Waals surface area contributed by atoms with Crippen LogP contribution in [0.25, 0.3) is 21.1 Å². The van der Waals surface area contributed by atoms with Crippen LogP contribution in [0.15, 0.2) is 47.0 Å².